The van der Waals surface area contributed by atoms with E-state index >= 15 is 0 Å². The van der Waals surface area contributed by atoms with E-state index < -0.39 is 5.60 Å². The van der Waals surface area contributed by atoms with Gasteiger partial charge in [0.15, 0.2) is 12.1 Å². The average Bonchev–Trinajstić information content (AvgIpc) is 2.55. The van der Waals surface area contributed by atoms with Gasteiger partial charge in [-0.15, -0.1) is 0 Å². The van der Waals surface area contributed by atoms with Crippen LogP contribution in [0.4, 0.5) is 0 Å². The number of amides is 2. The minimum atomic E-state index is -0.963. The number of quaternary nitrogens is 1. The summed E-state index contributed by atoms with van der Waals surface area (Å²) in [4.78, 5) is 28.0. The fourth-order valence-electron chi connectivity index (χ4n) is 3.11. The summed E-state index contributed by atoms with van der Waals surface area (Å²) < 4.78 is 5.90. The predicted molar refractivity (Wildman–Crippen MR) is 106 cm³/mol. The van der Waals surface area contributed by atoms with Gasteiger partial charge in [0.1, 0.15) is 5.75 Å². The molecule has 1 aromatic carbocycles. The largest absolute Gasteiger partial charge is 0.478 e. The summed E-state index contributed by atoms with van der Waals surface area (Å²) in [5.41, 5.74) is -1.19. The van der Waals surface area contributed by atoms with Gasteiger partial charge in [-0.05, 0) is 58.9 Å². The van der Waals surface area contributed by atoms with Crippen molar-refractivity contribution in [2.24, 2.45) is 0 Å². The molecule has 150 valence electrons. The first-order chi connectivity index (χ1) is 12.5. The maximum absolute atomic E-state index is 12.9. The van der Waals surface area contributed by atoms with Gasteiger partial charge in [0.25, 0.3) is 11.8 Å². The lowest BCUT2D eigenvalue weighted by Crippen LogP contribution is -3.16. The maximum atomic E-state index is 12.9. The van der Waals surface area contributed by atoms with Crippen molar-refractivity contribution in [1.82, 2.24) is 10.2 Å². The lowest BCUT2D eigenvalue weighted by atomic mass is 10.1. The molecule has 1 aliphatic rings. The third-order valence-corrected chi connectivity index (χ3v) is 4.64. The molecule has 6 nitrogen and oxygen atoms in total. The number of benzene rings is 1. The van der Waals surface area contributed by atoms with E-state index in [1.165, 1.54) is 4.90 Å². The van der Waals surface area contributed by atoms with Crippen LogP contribution in [0.15, 0.2) is 24.3 Å². The second kappa shape index (κ2) is 8.48. The SMILES string of the molecule is CC(C)(C)NC(=O)C[NH+]1CCN(C(=O)C(C)(C)Oc2ccc(Cl)cc2)CC1. The number of piperazine rings is 1. The Balaban J connectivity index is 1.86. The zero-order valence-corrected chi connectivity index (χ0v) is 17.7. The summed E-state index contributed by atoms with van der Waals surface area (Å²) in [6.45, 7) is 12.6. The van der Waals surface area contributed by atoms with Crippen molar-refractivity contribution in [2.75, 3.05) is 32.7 Å². The molecule has 1 aromatic rings. The Morgan fingerprint density at radius 3 is 2.19 bits per heavy atom. The molecule has 0 radical (unpaired) electrons. The van der Waals surface area contributed by atoms with E-state index in [9.17, 15) is 9.59 Å². The molecule has 0 atom stereocenters. The van der Waals surface area contributed by atoms with Crippen molar-refractivity contribution in [3.8, 4) is 5.75 Å². The molecule has 0 aromatic heterocycles. The molecule has 1 aliphatic heterocycles. The Hall–Kier alpha value is -1.79. The third kappa shape index (κ3) is 6.70. The van der Waals surface area contributed by atoms with Gasteiger partial charge in [0, 0.05) is 10.6 Å². The van der Waals surface area contributed by atoms with Crippen LogP contribution in [0.2, 0.25) is 5.02 Å². The molecule has 0 bridgehead atoms. The normalized spacial score (nSPS) is 16.1. The van der Waals surface area contributed by atoms with Crippen molar-refractivity contribution >= 4 is 23.4 Å². The highest BCUT2D eigenvalue weighted by Gasteiger charge is 2.37. The molecule has 0 saturated carbocycles. The summed E-state index contributed by atoms with van der Waals surface area (Å²) >= 11 is 5.89. The Morgan fingerprint density at radius 1 is 1.11 bits per heavy atom. The Labute approximate surface area is 166 Å². The van der Waals surface area contributed by atoms with E-state index in [-0.39, 0.29) is 17.4 Å². The topological polar surface area (TPSA) is 63.1 Å². The number of carbonyl (C=O) groups is 2. The summed E-state index contributed by atoms with van der Waals surface area (Å²) in [5, 5.41) is 3.61. The van der Waals surface area contributed by atoms with Crippen molar-refractivity contribution in [2.45, 2.75) is 45.8 Å². The van der Waals surface area contributed by atoms with Crippen LogP contribution in [-0.2, 0) is 9.59 Å². The number of carbonyl (C=O) groups excluding carboxylic acids is 2. The van der Waals surface area contributed by atoms with E-state index in [1.54, 1.807) is 38.1 Å². The highest BCUT2D eigenvalue weighted by atomic mass is 35.5. The quantitative estimate of drug-likeness (QED) is 0.784. The average molecular weight is 397 g/mol. The van der Waals surface area contributed by atoms with Crippen LogP contribution >= 0.6 is 11.6 Å². The number of rotatable bonds is 5. The minimum Gasteiger partial charge on any atom is -0.478 e. The van der Waals surface area contributed by atoms with E-state index in [0.717, 1.165) is 13.1 Å². The predicted octanol–water partition coefficient (Wildman–Crippen LogP) is 1.14. The molecule has 1 saturated heterocycles. The van der Waals surface area contributed by atoms with Crippen molar-refractivity contribution in [3.63, 3.8) is 0 Å². The van der Waals surface area contributed by atoms with E-state index in [1.807, 2.05) is 25.7 Å². The number of halogens is 1. The molecule has 0 unspecified atom stereocenters. The van der Waals surface area contributed by atoms with Crippen LogP contribution in [0.25, 0.3) is 0 Å². The smallest absolute Gasteiger partial charge is 0.275 e. The second-order valence-corrected chi connectivity index (χ2v) is 9.02. The maximum Gasteiger partial charge on any atom is 0.275 e. The van der Waals surface area contributed by atoms with Crippen molar-refractivity contribution in [1.29, 1.82) is 0 Å². The van der Waals surface area contributed by atoms with Gasteiger partial charge in [0.2, 0.25) is 0 Å². The Bertz CT molecular complexity index is 660. The van der Waals surface area contributed by atoms with Crippen LogP contribution in [0.3, 0.4) is 0 Å². The fourth-order valence-corrected chi connectivity index (χ4v) is 3.24. The number of nitrogens with one attached hydrogen (secondary N) is 2. The molecular weight excluding hydrogens is 366 g/mol. The first kappa shape index (κ1) is 21.5. The molecule has 1 heterocycles. The zero-order chi connectivity index (χ0) is 20.2. The van der Waals surface area contributed by atoms with Crippen LogP contribution in [-0.4, -0.2) is 60.6 Å². The molecule has 2 amide bonds. The molecule has 7 heteroatoms. The molecule has 0 aliphatic carbocycles. The monoisotopic (exact) mass is 396 g/mol. The van der Waals surface area contributed by atoms with Gasteiger partial charge < -0.3 is 19.9 Å². The molecule has 1 fully saturated rings. The summed E-state index contributed by atoms with van der Waals surface area (Å²) in [6, 6.07) is 6.99. The van der Waals surface area contributed by atoms with Gasteiger partial charge in [0.05, 0.1) is 26.2 Å². The number of ether oxygens (including phenoxy) is 1. The molecular formula is C20H31ClN3O3+. The summed E-state index contributed by atoms with van der Waals surface area (Å²) in [5.74, 6) is 0.611. The van der Waals surface area contributed by atoms with Gasteiger partial charge in [-0.2, -0.15) is 0 Å². The van der Waals surface area contributed by atoms with Crippen LogP contribution in [0, 0.1) is 0 Å². The first-order valence-electron chi connectivity index (χ1n) is 9.35. The lowest BCUT2D eigenvalue weighted by Gasteiger charge is -2.36. The standard InChI is InChI=1S/C20H30ClN3O3/c1-19(2,3)22-17(25)14-23-10-12-24(13-11-23)18(26)20(4,5)27-16-8-6-15(21)7-9-16/h6-9H,10-14H2,1-5H3,(H,22,25)/p+1. The van der Waals surface area contributed by atoms with Crippen LogP contribution in [0.5, 0.6) is 5.75 Å². The van der Waals surface area contributed by atoms with Crippen molar-refractivity contribution in [3.05, 3.63) is 29.3 Å². The number of nitrogens with zero attached hydrogens (tertiary/aromatic N) is 1. The third-order valence-electron chi connectivity index (χ3n) is 4.38. The van der Waals surface area contributed by atoms with Gasteiger partial charge in [-0.1, -0.05) is 11.6 Å². The van der Waals surface area contributed by atoms with Gasteiger partial charge in [-0.3, -0.25) is 9.59 Å². The van der Waals surface area contributed by atoms with Crippen LogP contribution in [0.1, 0.15) is 34.6 Å². The number of hydrogen-bond donors (Lipinski definition) is 2. The zero-order valence-electron chi connectivity index (χ0n) is 16.9. The van der Waals surface area contributed by atoms with Gasteiger partial charge in [-0.25, -0.2) is 0 Å². The van der Waals surface area contributed by atoms with Crippen LogP contribution < -0.4 is 15.0 Å². The Kier molecular flexibility index (Phi) is 6.76. The summed E-state index contributed by atoms with van der Waals surface area (Å²) in [6.07, 6.45) is 0. The van der Waals surface area contributed by atoms with E-state index in [2.05, 4.69) is 5.32 Å². The van der Waals surface area contributed by atoms with E-state index in [4.69, 9.17) is 16.3 Å². The molecule has 0 spiro atoms. The molecule has 27 heavy (non-hydrogen) atoms. The number of hydrogen-bond acceptors (Lipinski definition) is 3. The molecule has 2 rings (SSSR count). The molecule has 2 N–H and O–H groups in total. The highest BCUT2D eigenvalue weighted by molar-refractivity contribution is 6.30. The highest BCUT2D eigenvalue weighted by Crippen LogP contribution is 2.22. The Morgan fingerprint density at radius 2 is 1.67 bits per heavy atom. The second-order valence-electron chi connectivity index (χ2n) is 8.58. The minimum absolute atomic E-state index is 0.0451. The van der Waals surface area contributed by atoms with Gasteiger partial charge >= 0.3 is 0 Å². The van der Waals surface area contributed by atoms with Crippen molar-refractivity contribution < 1.29 is 19.2 Å². The van der Waals surface area contributed by atoms with E-state index in [0.29, 0.717) is 30.4 Å². The fraction of sp³-hybridized carbons (Fsp3) is 0.600. The lowest BCUT2D eigenvalue weighted by molar-refractivity contribution is -0.896. The summed E-state index contributed by atoms with van der Waals surface area (Å²) in [7, 11) is 0. The first-order valence-corrected chi connectivity index (χ1v) is 9.73.